The van der Waals surface area contributed by atoms with Gasteiger partial charge in [-0.2, -0.15) is 0 Å². The molecule has 0 bridgehead atoms. The normalized spacial score (nSPS) is 27.6. The maximum Gasteiger partial charge on any atom is 0.224 e. The van der Waals surface area contributed by atoms with E-state index in [9.17, 15) is 4.79 Å². The van der Waals surface area contributed by atoms with Crippen molar-refractivity contribution in [3.8, 4) is 0 Å². The number of nitrogens with zero attached hydrogens (tertiary/aromatic N) is 2. The van der Waals surface area contributed by atoms with Gasteiger partial charge in [-0.15, -0.1) is 0 Å². The average molecular weight is 284 g/mol. The highest BCUT2D eigenvalue weighted by atomic mass is 16.2. The molecule has 4 rings (SSSR count). The van der Waals surface area contributed by atoms with E-state index in [2.05, 4.69) is 29.5 Å². The van der Waals surface area contributed by atoms with Gasteiger partial charge < -0.3 is 15.0 Å². The fourth-order valence-corrected chi connectivity index (χ4v) is 3.56. The summed E-state index contributed by atoms with van der Waals surface area (Å²) in [4.78, 5) is 16.7. The Morgan fingerprint density at radius 1 is 1.38 bits per heavy atom. The lowest BCUT2D eigenvalue weighted by atomic mass is 9.95. The summed E-state index contributed by atoms with van der Waals surface area (Å²) in [6.45, 7) is 6.09. The highest BCUT2D eigenvalue weighted by molar-refractivity contribution is 5.83. The Hall–Kier alpha value is -1.88. The molecule has 1 unspecified atom stereocenters. The van der Waals surface area contributed by atoms with Crippen LogP contribution in [-0.2, 0) is 10.3 Å². The molecule has 1 saturated heterocycles. The van der Waals surface area contributed by atoms with E-state index in [-0.39, 0.29) is 17.4 Å². The predicted octanol–water partition coefficient (Wildman–Crippen LogP) is 1.15. The van der Waals surface area contributed by atoms with Gasteiger partial charge in [0.2, 0.25) is 5.91 Å². The van der Waals surface area contributed by atoms with E-state index in [1.165, 1.54) is 0 Å². The summed E-state index contributed by atoms with van der Waals surface area (Å²) >= 11 is 0. The van der Waals surface area contributed by atoms with Crippen LogP contribution in [0.5, 0.6) is 0 Å². The highest BCUT2D eigenvalue weighted by Crippen LogP contribution is 2.49. The first-order valence-electron chi connectivity index (χ1n) is 7.52. The molecule has 2 aromatic heterocycles. The zero-order valence-corrected chi connectivity index (χ0v) is 12.3. The molecule has 21 heavy (non-hydrogen) atoms. The maximum absolute atomic E-state index is 12.5. The van der Waals surface area contributed by atoms with E-state index >= 15 is 0 Å². The Balaban J connectivity index is 1.53. The van der Waals surface area contributed by atoms with E-state index in [1.807, 2.05) is 28.9 Å². The predicted molar refractivity (Wildman–Crippen MR) is 79.7 cm³/mol. The number of fused-ring (bicyclic) bond motifs is 2. The van der Waals surface area contributed by atoms with Crippen LogP contribution in [0.2, 0.25) is 0 Å². The van der Waals surface area contributed by atoms with Gasteiger partial charge in [0.25, 0.3) is 0 Å². The van der Waals surface area contributed by atoms with Gasteiger partial charge in [-0.3, -0.25) is 4.79 Å². The van der Waals surface area contributed by atoms with Gasteiger partial charge in [0.05, 0.1) is 5.54 Å². The summed E-state index contributed by atoms with van der Waals surface area (Å²) in [7, 11) is 0. The van der Waals surface area contributed by atoms with Crippen LogP contribution < -0.4 is 10.6 Å². The summed E-state index contributed by atoms with van der Waals surface area (Å²) in [5, 5.41) is 6.55. The quantitative estimate of drug-likeness (QED) is 0.889. The number of imidazole rings is 1. The van der Waals surface area contributed by atoms with E-state index in [1.54, 1.807) is 6.20 Å². The number of pyridine rings is 1. The molecular formula is C16H20N4O. The van der Waals surface area contributed by atoms with Crippen molar-refractivity contribution in [2.24, 2.45) is 17.8 Å². The van der Waals surface area contributed by atoms with Gasteiger partial charge in [-0.05, 0) is 50.4 Å². The summed E-state index contributed by atoms with van der Waals surface area (Å²) < 4.78 is 1.99. The molecule has 2 N–H and O–H groups in total. The molecule has 0 radical (unpaired) electrons. The number of carbonyl (C=O) groups is 1. The molecule has 1 aliphatic heterocycles. The average Bonchev–Trinajstić information content (AvgIpc) is 2.83. The summed E-state index contributed by atoms with van der Waals surface area (Å²) in [5.74, 6) is 1.51. The minimum absolute atomic E-state index is 0.197. The molecule has 5 nitrogen and oxygen atoms in total. The van der Waals surface area contributed by atoms with Crippen molar-refractivity contribution in [2.75, 3.05) is 13.1 Å². The second-order valence-corrected chi connectivity index (χ2v) is 6.74. The van der Waals surface area contributed by atoms with Crippen LogP contribution in [0.4, 0.5) is 0 Å². The molecule has 2 aliphatic rings. The molecule has 2 fully saturated rings. The molecule has 110 valence electrons. The van der Waals surface area contributed by atoms with E-state index < -0.39 is 0 Å². The molecule has 3 atom stereocenters. The molecule has 5 heteroatoms. The second kappa shape index (κ2) is 4.31. The maximum atomic E-state index is 12.5. The fraction of sp³-hybridized carbons (Fsp3) is 0.500. The van der Waals surface area contributed by atoms with Crippen LogP contribution in [0.1, 0.15) is 19.4 Å². The summed E-state index contributed by atoms with van der Waals surface area (Å²) in [6, 6.07) is 4.02. The van der Waals surface area contributed by atoms with Crippen molar-refractivity contribution in [2.45, 2.75) is 19.4 Å². The van der Waals surface area contributed by atoms with Crippen LogP contribution >= 0.6 is 0 Å². The van der Waals surface area contributed by atoms with Gasteiger partial charge in [0.1, 0.15) is 5.65 Å². The van der Waals surface area contributed by atoms with Gasteiger partial charge >= 0.3 is 0 Å². The first-order valence-corrected chi connectivity index (χ1v) is 7.52. The molecule has 0 spiro atoms. The Morgan fingerprint density at radius 2 is 2.14 bits per heavy atom. The van der Waals surface area contributed by atoms with Crippen LogP contribution in [0.25, 0.3) is 5.65 Å². The van der Waals surface area contributed by atoms with Gasteiger partial charge in [0.15, 0.2) is 0 Å². The Bertz CT molecular complexity index is 695. The third-order valence-corrected chi connectivity index (χ3v) is 4.94. The Kier molecular flexibility index (Phi) is 2.63. The standard InChI is InChI=1S/C16H20N4O/c1-16(2,10-3-4-13-18-5-6-20(13)9-10)19-15(21)14-11-7-17-8-12(11)14/h3-6,9,11-12,14,17H,7-8H2,1-2H3,(H,19,21)/t11-,12+,14?. The molecule has 0 aromatic carbocycles. The summed E-state index contributed by atoms with van der Waals surface area (Å²) in [6.07, 6.45) is 5.74. The second-order valence-electron chi connectivity index (χ2n) is 6.74. The van der Waals surface area contributed by atoms with Gasteiger partial charge in [-0.25, -0.2) is 4.98 Å². The van der Waals surface area contributed by atoms with Gasteiger partial charge in [0, 0.05) is 24.5 Å². The van der Waals surface area contributed by atoms with E-state index in [0.717, 1.165) is 24.3 Å². The van der Waals surface area contributed by atoms with Crippen molar-refractivity contribution >= 4 is 11.6 Å². The number of aromatic nitrogens is 2. The van der Waals surface area contributed by atoms with Gasteiger partial charge in [-0.1, -0.05) is 6.07 Å². The number of hydrogen-bond acceptors (Lipinski definition) is 3. The third-order valence-electron chi connectivity index (χ3n) is 4.94. The van der Waals surface area contributed by atoms with Crippen LogP contribution in [-0.4, -0.2) is 28.4 Å². The molecule has 1 amide bonds. The highest BCUT2D eigenvalue weighted by Gasteiger charge is 2.57. The largest absolute Gasteiger partial charge is 0.347 e. The molecular weight excluding hydrogens is 264 g/mol. The lowest BCUT2D eigenvalue weighted by Gasteiger charge is -2.27. The first kappa shape index (κ1) is 12.8. The lowest BCUT2D eigenvalue weighted by Crippen LogP contribution is -2.43. The van der Waals surface area contributed by atoms with Crippen LogP contribution in [0, 0.1) is 17.8 Å². The molecule has 1 aliphatic carbocycles. The topological polar surface area (TPSA) is 58.4 Å². The number of rotatable bonds is 3. The van der Waals surface area contributed by atoms with Crippen molar-refractivity contribution in [1.29, 1.82) is 0 Å². The number of amides is 1. The number of hydrogen-bond donors (Lipinski definition) is 2. The van der Waals surface area contributed by atoms with Crippen molar-refractivity contribution in [3.05, 3.63) is 36.3 Å². The molecule has 2 aromatic rings. The fourth-order valence-electron chi connectivity index (χ4n) is 3.56. The number of piperidine rings is 1. The smallest absolute Gasteiger partial charge is 0.224 e. The lowest BCUT2D eigenvalue weighted by molar-refractivity contribution is -0.124. The summed E-state index contributed by atoms with van der Waals surface area (Å²) in [5.41, 5.74) is 1.63. The Morgan fingerprint density at radius 3 is 2.90 bits per heavy atom. The van der Waals surface area contributed by atoms with E-state index in [0.29, 0.717) is 11.8 Å². The third kappa shape index (κ3) is 2.03. The number of carbonyl (C=O) groups excluding carboxylic acids is 1. The van der Waals surface area contributed by atoms with Crippen LogP contribution in [0.15, 0.2) is 30.7 Å². The number of nitrogens with one attached hydrogen (secondary N) is 2. The minimum atomic E-state index is -0.375. The van der Waals surface area contributed by atoms with Crippen molar-refractivity contribution in [3.63, 3.8) is 0 Å². The first-order chi connectivity index (χ1) is 10.1. The monoisotopic (exact) mass is 284 g/mol. The van der Waals surface area contributed by atoms with Crippen molar-refractivity contribution < 1.29 is 4.79 Å². The van der Waals surface area contributed by atoms with Crippen LogP contribution in [0.3, 0.4) is 0 Å². The molecule has 1 saturated carbocycles. The zero-order chi connectivity index (χ0) is 14.6. The zero-order valence-electron chi connectivity index (χ0n) is 12.3. The van der Waals surface area contributed by atoms with E-state index in [4.69, 9.17) is 0 Å². The van der Waals surface area contributed by atoms with Crippen molar-refractivity contribution in [1.82, 2.24) is 20.0 Å². The SMILES string of the molecule is CC(C)(NC(=O)C1[C@H]2CNC[C@@H]12)c1ccc2nccn2c1. The Labute approximate surface area is 123 Å². The minimum Gasteiger partial charge on any atom is -0.347 e. The molecule has 3 heterocycles.